The molecule has 5 nitrogen and oxygen atoms in total. The highest BCUT2D eigenvalue weighted by Gasteiger charge is 2.26. The zero-order valence-corrected chi connectivity index (χ0v) is 17.3. The highest BCUT2D eigenvalue weighted by molar-refractivity contribution is 5.97. The van der Waals surface area contributed by atoms with E-state index in [1.54, 1.807) is 0 Å². The summed E-state index contributed by atoms with van der Waals surface area (Å²) in [6, 6.07) is 2.09. The fraction of sp³-hybridized carbons (Fsp3) is 0.619. The third kappa shape index (κ3) is 4.57. The Hall–Kier alpha value is -2.04. The minimum atomic E-state index is -0.258. The summed E-state index contributed by atoms with van der Waals surface area (Å²) >= 11 is 0. The van der Waals surface area contributed by atoms with E-state index in [9.17, 15) is 9.59 Å². The number of hydrogen-bond donors (Lipinski definition) is 1. The molecule has 0 bridgehead atoms. The summed E-state index contributed by atoms with van der Waals surface area (Å²) in [6.07, 6.45) is 0.798. The third-order valence-electron chi connectivity index (χ3n) is 5.13. The molecule has 0 atom stereocenters. The second kappa shape index (κ2) is 7.68. The molecule has 1 N–H and O–H groups in total. The fourth-order valence-corrected chi connectivity index (χ4v) is 3.42. The molecule has 1 aliphatic heterocycles. The van der Waals surface area contributed by atoms with Crippen LogP contribution in [0.1, 0.15) is 59.8 Å². The average molecular weight is 360 g/mol. The maximum atomic E-state index is 13.2. The van der Waals surface area contributed by atoms with Gasteiger partial charge in [-0.05, 0) is 77.1 Å². The van der Waals surface area contributed by atoms with Crippen LogP contribution in [0.5, 0.6) is 0 Å². The molecule has 1 fully saturated rings. The van der Waals surface area contributed by atoms with E-state index in [1.165, 1.54) is 0 Å². The zero-order chi connectivity index (χ0) is 19.6. The van der Waals surface area contributed by atoms with Crippen molar-refractivity contribution in [1.82, 2.24) is 15.1 Å². The van der Waals surface area contributed by atoms with Crippen molar-refractivity contribution < 1.29 is 9.59 Å². The second-order valence-electron chi connectivity index (χ2n) is 8.45. The molecule has 0 unspecified atom stereocenters. The van der Waals surface area contributed by atoms with E-state index >= 15 is 0 Å². The molecule has 0 saturated carbocycles. The topological polar surface area (TPSA) is 52.7 Å². The molecule has 5 heteroatoms. The van der Waals surface area contributed by atoms with Crippen LogP contribution < -0.4 is 5.32 Å². The van der Waals surface area contributed by atoms with Crippen LogP contribution in [0.25, 0.3) is 0 Å². The van der Waals surface area contributed by atoms with Crippen LogP contribution in [0.2, 0.25) is 0 Å². The van der Waals surface area contributed by atoms with Crippen LogP contribution in [-0.2, 0) is 0 Å². The Morgan fingerprint density at radius 2 is 1.38 bits per heavy atom. The fourth-order valence-electron chi connectivity index (χ4n) is 3.42. The maximum Gasteiger partial charge on any atom is 0.317 e. The van der Waals surface area contributed by atoms with Gasteiger partial charge in [0.2, 0.25) is 0 Å². The van der Waals surface area contributed by atoms with Crippen LogP contribution in [0.3, 0.4) is 0 Å². The number of carbonyl (C=O) groups is 2. The lowest BCUT2D eigenvalue weighted by molar-refractivity contribution is 0.0760. The minimum absolute atomic E-state index is 0.0504. The van der Waals surface area contributed by atoms with Crippen molar-refractivity contribution in [3.8, 4) is 0 Å². The highest BCUT2D eigenvalue weighted by atomic mass is 16.2. The van der Waals surface area contributed by atoms with E-state index in [2.05, 4.69) is 25.2 Å². The van der Waals surface area contributed by atoms with E-state index in [0.29, 0.717) is 26.2 Å². The highest BCUT2D eigenvalue weighted by Crippen LogP contribution is 2.23. The molecule has 26 heavy (non-hydrogen) atoms. The van der Waals surface area contributed by atoms with Gasteiger partial charge in [-0.15, -0.1) is 0 Å². The molecular weight excluding hydrogens is 326 g/mol. The van der Waals surface area contributed by atoms with E-state index in [0.717, 1.165) is 34.2 Å². The lowest BCUT2D eigenvalue weighted by atomic mass is 9.93. The average Bonchev–Trinajstić information content (AvgIpc) is 2.77. The van der Waals surface area contributed by atoms with Crippen molar-refractivity contribution >= 4 is 11.9 Å². The van der Waals surface area contributed by atoms with Gasteiger partial charge in [-0.1, -0.05) is 6.07 Å². The lowest BCUT2D eigenvalue weighted by Crippen LogP contribution is -2.49. The SMILES string of the molecule is Cc1cc(C)c(C)c(C(=O)N2CCCN(C(=O)NC(C)(C)C)CC2)c1C. The number of aryl methyl sites for hydroxylation is 2. The molecule has 1 aliphatic rings. The van der Waals surface area contributed by atoms with Crippen molar-refractivity contribution in [3.63, 3.8) is 0 Å². The van der Waals surface area contributed by atoms with Gasteiger partial charge in [0.25, 0.3) is 5.91 Å². The number of urea groups is 1. The number of nitrogens with zero attached hydrogens (tertiary/aromatic N) is 2. The van der Waals surface area contributed by atoms with Crippen molar-refractivity contribution in [1.29, 1.82) is 0 Å². The summed E-state index contributed by atoms with van der Waals surface area (Å²) in [6.45, 7) is 16.6. The molecule has 1 aromatic rings. The first-order valence-electron chi connectivity index (χ1n) is 9.45. The predicted octanol–water partition coefficient (Wildman–Crippen LogP) is 3.58. The Morgan fingerprint density at radius 3 is 1.92 bits per heavy atom. The van der Waals surface area contributed by atoms with Crippen molar-refractivity contribution in [2.24, 2.45) is 0 Å². The molecule has 1 saturated heterocycles. The van der Waals surface area contributed by atoms with Gasteiger partial charge in [0, 0.05) is 37.3 Å². The molecular formula is C21H33N3O2. The molecule has 0 aromatic heterocycles. The number of amides is 3. The smallest absolute Gasteiger partial charge is 0.317 e. The first-order valence-corrected chi connectivity index (χ1v) is 9.45. The Bertz CT molecular complexity index is 678. The Kier molecular flexibility index (Phi) is 5.99. The van der Waals surface area contributed by atoms with Crippen molar-refractivity contribution in [2.75, 3.05) is 26.2 Å². The van der Waals surface area contributed by atoms with E-state index in [-0.39, 0.29) is 17.5 Å². The number of rotatable bonds is 1. The number of carbonyl (C=O) groups excluding carboxylic acids is 2. The van der Waals surface area contributed by atoms with Crippen LogP contribution in [-0.4, -0.2) is 53.5 Å². The summed E-state index contributed by atoms with van der Waals surface area (Å²) in [7, 11) is 0. The van der Waals surface area contributed by atoms with Gasteiger partial charge in [0.15, 0.2) is 0 Å². The number of hydrogen-bond acceptors (Lipinski definition) is 2. The Labute approximate surface area is 157 Å². The van der Waals surface area contributed by atoms with E-state index < -0.39 is 0 Å². The normalized spacial score (nSPS) is 15.7. The standard InChI is InChI=1S/C21H33N3O2/c1-14-13-15(2)17(4)18(16(14)3)19(25)23-9-8-10-24(12-11-23)20(26)22-21(5,6)7/h13H,8-12H2,1-7H3,(H,22,26). The van der Waals surface area contributed by atoms with Gasteiger partial charge >= 0.3 is 6.03 Å². The van der Waals surface area contributed by atoms with E-state index in [1.807, 2.05) is 44.4 Å². The summed E-state index contributed by atoms with van der Waals surface area (Å²) in [5.41, 5.74) is 4.99. The van der Waals surface area contributed by atoms with Crippen LogP contribution in [0.4, 0.5) is 4.79 Å². The summed E-state index contributed by atoms with van der Waals surface area (Å²) in [5.74, 6) is 0.0879. The summed E-state index contributed by atoms with van der Waals surface area (Å²) in [4.78, 5) is 29.4. The molecule has 144 valence electrons. The molecule has 0 aliphatic carbocycles. The van der Waals surface area contributed by atoms with Crippen LogP contribution in [0.15, 0.2) is 6.07 Å². The minimum Gasteiger partial charge on any atom is -0.337 e. The van der Waals surface area contributed by atoms with Crippen molar-refractivity contribution in [3.05, 3.63) is 33.9 Å². The molecule has 3 amide bonds. The predicted molar refractivity (Wildman–Crippen MR) is 106 cm³/mol. The van der Waals surface area contributed by atoms with Gasteiger partial charge in [0.1, 0.15) is 0 Å². The number of nitrogens with one attached hydrogen (secondary N) is 1. The largest absolute Gasteiger partial charge is 0.337 e. The molecule has 0 spiro atoms. The molecule has 2 rings (SSSR count). The van der Waals surface area contributed by atoms with Crippen LogP contribution in [0, 0.1) is 27.7 Å². The van der Waals surface area contributed by atoms with Gasteiger partial charge in [-0.3, -0.25) is 4.79 Å². The Balaban J connectivity index is 2.15. The van der Waals surface area contributed by atoms with Gasteiger partial charge in [-0.2, -0.15) is 0 Å². The van der Waals surface area contributed by atoms with Crippen molar-refractivity contribution in [2.45, 2.75) is 60.4 Å². The van der Waals surface area contributed by atoms with Gasteiger partial charge in [0.05, 0.1) is 0 Å². The Morgan fingerprint density at radius 1 is 0.885 bits per heavy atom. The maximum absolute atomic E-state index is 13.2. The first-order chi connectivity index (χ1) is 12.0. The summed E-state index contributed by atoms with van der Waals surface area (Å²) < 4.78 is 0. The van der Waals surface area contributed by atoms with Gasteiger partial charge in [-0.25, -0.2) is 4.79 Å². The zero-order valence-electron chi connectivity index (χ0n) is 17.3. The van der Waals surface area contributed by atoms with Crippen LogP contribution >= 0.6 is 0 Å². The first kappa shape index (κ1) is 20.3. The molecule has 1 heterocycles. The van der Waals surface area contributed by atoms with Gasteiger partial charge < -0.3 is 15.1 Å². The molecule has 0 radical (unpaired) electrons. The quantitative estimate of drug-likeness (QED) is 0.833. The monoisotopic (exact) mass is 359 g/mol. The lowest BCUT2D eigenvalue weighted by Gasteiger charge is -2.28. The number of benzene rings is 1. The summed E-state index contributed by atoms with van der Waals surface area (Å²) in [5, 5.41) is 3.01. The second-order valence-corrected chi connectivity index (χ2v) is 8.45. The third-order valence-corrected chi connectivity index (χ3v) is 5.13. The van der Waals surface area contributed by atoms with E-state index in [4.69, 9.17) is 0 Å². The molecule has 1 aromatic carbocycles.